The van der Waals surface area contributed by atoms with Gasteiger partial charge in [0, 0.05) is 0 Å². The fourth-order valence-corrected chi connectivity index (χ4v) is 0.752. The molecule has 0 saturated carbocycles. The van der Waals surface area contributed by atoms with E-state index in [0.717, 1.165) is 6.20 Å². The minimum Gasteiger partial charge on any atom is -0.257 e. The van der Waals surface area contributed by atoms with Crippen LogP contribution in [0.25, 0.3) is 0 Å². The second-order valence-corrected chi connectivity index (χ2v) is 2.67. The first-order valence-corrected chi connectivity index (χ1v) is 3.39. The Kier molecular flexibility index (Phi) is 2.22. The highest BCUT2D eigenvalue weighted by molar-refractivity contribution is 6.20. The highest BCUT2D eigenvalue weighted by atomic mass is 35.5. The molecule has 1 aromatic heterocycles. The standard InChI is InChI=1S/C7H7ClFN/c1-5(8)7-3-2-6(9)4-10-7/h2-5H,1H3/t5-/m1/s1. The Balaban J connectivity index is 2.89. The van der Waals surface area contributed by atoms with Crippen LogP contribution >= 0.6 is 11.6 Å². The fraction of sp³-hybridized carbons (Fsp3) is 0.286. The van der Waals surface area contributed by atoms with Gasteiger partial charge in [0.1, 0.15) is 5.82 Å². The average Bonchev–Trinajstić information content (AvgIpc) is 1.88. The number of hydrogen-bond acceptors (Lipinski definition) is 1. The van der Waals surface area contributed by atoms with Crippen LogP contribution in [0.5, 0.6) is 0 Å². The van der Waals surface area contributed by atoms with Crippen LogP contribution in [0.2, 0.25) is 0 Å². The van der Waals surface area contributed by atoms with Gasteiger partial charge in [-0.3, -0.25) is 4.98 Å². The lowest BCUT2D eigenvalue weighted by molar-refractivity contribution is 0.619. The first-order valence-electron chi connectivity index (χ1n) is 2.95. The molecule has 54 valence electrons. The van der Waals surface area contributed by atoms with E-state index in [-0.39, 0.29) is 11.2 Å². The molecular formula is C7H7ClFN. The molecule has 0 bridgehead atoms. The smallest absolute Gasteiger partial charge is 0.141 e. The van der Waals surface area contributed by atoms with Crippen molar-refractivity contribution in [3.63, 3.8) is 0 Å². The molecule has 3 heteroatoms. The zero-order valence-electron chi connectivity index (χ0n) is 5.51. The third-order valence-electron chi connectivity index (χ3n) is 1.16. The highest BCUT2D eigenvalue weighted by Gasteiger charge is 2.00. The Labute approximate surface area is 63.8 Å². The van der Waals surface area contributed by atoms with E-state index in [1.165, 1.54) is 6.07 Å². The lowest BCUT2D eigenvalue weighted by Gasteiger charge is -1.99. The second-order valence-electron chi connectivity index (χ2n) is 2.02. The van der Waals surface area contributed by atoms with Crippen LogP contribution < -0.4 is 0 Å². The van der Waals surface area contributed by atoms with E-state index in [9.17, 15) is 4.39 Å². The Morgan fingerprint density at radius 1 is 1.60 bits per heavy atom. The van der Waals surface area contributed by atoms with Crippen LogP contribution in [-0.2, 0) is 0 Å². The van der Waals surface area contributed by atoms with E-state index in [4.69, 9.17) is 11.6 Å². The molecule has 1 atom stereocenters. The Hall–Kier alpha value is -0.630. The van der Waals surface area contributed by atoms with Gasteiger partial charge in [-0.1, -0.05) is 0 Å². The first-order chi connectivity index (χ1) is 4.70. The van der Waals surface area contributed by atoms with Crippen molar-refractivity contribution in [1.29, 1.82) is 0 Å². The van der Waals surface area contributed by atoms with Crippen LogP contribution in [0.3, 0.4) is 0 Å². The summed E-state index contributed by atoms with van der Waals surface area (Å²) in [5.41, 5.74) is 0.697. The topological polar surface area (TPSA) is 12.9 Å². The van der Waals surface area contributed by atoms with Crippen molar-refractivity contribution in [3.05, 3.63) is 29.8 Å². The molecule has 0 spiro atoms. The molecule has 10 heavy (non-hydrogen) atoms. The summed E-state index contributed by atoms with van der Waals surface area (Å²) < 4.78 is 12.2. The number of pyridine rings is 1. The zero-order chi connectivity index (χ0) is 7.56. The average molecular weight is 160 g/mol. The zero-order valence-corrected chi connectivity index (χ0v) is 6.27. The summed E-state index contributed by atoms with van der Waals surface area (Å²) in [7, 11) is 0. The van der Waals surface area contributed by atoms with Gasteiger partial charge < -0.3 is 0 Å². The van der Waals surface area contributed by atoms with Gasteiger partial charge in [-0.15, -0.1) is 11.6 Å². The number of alkyl halides is 1. The van der Waals surface area contributed by atoms with Gasteiger partial charge >= 0.3 is 0 Å². The Morgan fingerprint density at radius 2 is 2.30 bits per heavy atom. The Bertz CT molecular complexity index is 207. The molecule has 0 saturated heterocycles. The molecule has 0 aliphatic rings. The van der Waals surface area contributed by atoms with Crippen LogP contribution in [-0.4, -0.2) is 4.98 Å². The van der Waals surface area contributed by atoms with Crippen molar-refractivity contribution in [2.75, 3.05) is 0 Å². The summed E-state index contributed by atoms with van der Waals surface area (Å²) in [6.07, 6.45) is 1.16. The maximum absolute atomic E-state index is 12.2. The molecule has 0 aromatic carbocycles. The first kappa shape index (κ1) is 7.48. The number of hydrogen-bond donors (Lipinski definition) is 0. The molecule has 0 amide bonds. The molecule has 0 aliphatic heterocycles. The minimum atomic E-state index is -0.332. The monoisotopic (exact) mass is 159 g/mol. The minimum absolute atomic E-state index is 0.152. The van der Waals surface area contributed by atoms with Crippen LogP contribution in [0.15, 0.2) is 18.3 Å². The number of rotatable bonds is 1. The summed E-state index contributed by atoms with van der Waals surface area (Å²) >= 11 is 5.67. The van der Waals surface area contributed by atoms with E-state index >= 15 is 0 Å². The predicted molar refractivity (Wildman–Crippen MR) is 38.5 cm³/mol. The fourth-order valence-electron chi connectivity index (χ4n) is 0.623. The van der Waals surface area contributed by atoms with E-state index in [2.05, 4.69) is 4.98 Å². The lowest BCUT2D eigenvalue weighted by Crippen LogP contribution is -1.89. The van der Waals surface area contributed by atoms with Crippen LogP contribution in [0.4, 0.5) is 4.39 Å². The van der Waals surface area contributed by atoms with Crippen molar-refractivity contribution in [2.45, 2.75) is 12.3 Å². The molecular weight excluding hydrogens is 153 g/mol. The molecule has 0 unspecified atom stereocenters. The summed E-state index contributed by atoms with van der Waals surface area (Å²) in [5, 5.41) is -0.152. The summed E-state index contributed by atoms with van der Waals surface area (Å²) in [5.74, 6) is -0.332. The summed E-state index contributed by atoms with van der Waals surface area (Å²) in [6.45, 7) is 1.79. The maximum Gasteiger partial charge on any atom is 0.141 e. The molecule has 0 aliphatic carbocycles. The SMILES string of the molecule is C[C@@H](Cl)c1ccc(F)cn1. The van der Waals surface area contributed by atoms with Gasteiger partial charge in [0.2, 0.25) is 0 Å². The van der Waals surface area contributed by atoms with Gasteiger partial charge in [0.25, 0.3) is 0 Å². The van der Waals surface area contributed by atoms with Gasteiger partial charge in [0.05, 0.1) is 17.3 Å². The van der Waals surface area contributed by atoms with Gasteiger partial charge in [-0.05, 0) is 19.1 Å². The van der Waals surface area contributed by atoms with E-state index in [1.54, 1.807) is 13.0 Å². The molecule has 1 nitrogen and oxygen atoms in total. The van der Waals surface area contributed by atoms with Crippen molar-refractivity contribution in [1.82, 2.24) is 4.98 Å². The molecule has 1 heterocycles. The Morgan fingerprint density at radius 3 is 2.70 bits per heavy atom. The van der Waals surface area contributed by atoms with Gasteiger partial charge in [-0.2, -0.15) is 0 Å². The summed E-state index contributed by atoms with van der Waals surface area (Å²) in [4.78, 5) is 3.77. The normalized spacial score (nSPS) is 13.1. The number of halogens is 2. The van der Waals surface area contributed by atoms with Crippen molar-refractivity contribution in [2.24, 2.45) is 0 Å². The largest absolute Gasteiger partial charge is 0.257 e. The van der Waals surface area contributed by atoms with Crippen LogP contribution in [0.1, 0.15) is 18.0 Å². The van der Waals surface area contributed by atoms with Crippen molar-refractivity contribution in [3.8, 4) is 0 Å². The number of aromatic nitrogens is 1. The molecule has 1 rings (SSSR count). The second kappa shape index (κ2) is 2.97. The van der Waals surface area contributed by atoms with Gasteiger partial charge in [0.15, 0.2) is 0 Å². The van der Waals surface area contributed by atoms with Crippen molar-refractivity contribution >= 4 is 11.6 Å². The van der Waals surface area contributed by atoms with E-state index in [1.807, 2.05) is 0 Å². The predicted octanol–water partition coefficient (Wildman–Crippen LogP) is 2.52. The molecule has 1 aromatic rings. The third kappa shape index (κ3) is 1.67. The lowest BCUT2D eigenvalue weighted by atomic mass is 10.3. The molecule has 0 radical (unpaired) electrons. The van der Waals surface area contributed by atoms with Crippen molar-refractivity contribution < 1.29 is 4.39 Å². The molecule has 0 N–H and O–H groups in total. The van der Waals surface area contributed by atoms with Gasteiger partial charge in [-0.25, -0.2) is 4.39 Å². The maximum atomic E-state index is 12.2. The quantitative estimate of drug-likeness (QED) is 0.574. The van der Waals surface area contributed by atoms with E-state index < -0.39 is 0 Å². The van der Waals surface area contributed by atoms with Crippen LogP contribution in [0, 0.1) is 5.82 Å². The molecule has 0 fully saturated rings. The third-order valence-corrected chi connectivity index (χ3v) is 1.38. The van der Waals surface area contributed by atoms with E-state index in [0.29, 0.717) is 5.69 Å². The highest BCUT2D eigenvalue weighted by Crippen LogP contribution is 2.15. The summed E-state index contributed by atoms with van der Waals surface area (Å²) in [6, 6.07) is 2.92. The number of nitrogens with zero attached hydrogens (tertiary/aromatic N) is 1.